The normalized spacial score (nSPS) is 12.2. The third kappa shape index (κ3) is 5.16. The monoisotopic (exact) mass is 641 g/mol. The number of pyridine rings is 5. The summed E-state index contributed by atoms with van der Waals surface area (Å²) in [6, 6.07) is 21.9. The van der Waals surface area contributed by atoms with Gasteiger partial charge >= 0.3 is 275 Å². The molecule has 5 heterocycles. The Morgan fingerprint density at radius 3 is 0.522 bits per heavy atom. The first-order chi connectivity index (χ1) is 21.9. The number of hydrogen-bond acceptors (Lipinski definition) is 5. The first-order valence-electron chi connectivity index (χ1n) is 15.4. The molecule has 0 N–H and O–H groups in total. The van der Waals surface area contributed by atoms with Gasteiger partial charge in [-0.15, -0.1) is 0 Å². The molecule has 0 aliphatic carbocycles. The van der Waals surface area contributed by atoms with Gasteiger partial charge in [-0.25, -0.2) is 0 Å². The van der Waals surface area contributed by atoms with Gasteiger partial charge in [0.2, 0.25) is 0 Å². The van der Waals surface area contributed by atoms with Gasteiger partial charge in [-0.1, -0.05) is 0 Å². The van der Waals surface area contributed by atoms with Gasteiger partial charge in [-0.05, 0) is 0 Å². The van der Waals surface area contributed by atoms with Crippen molar-refractivity contribution < 1.29 is 21.7 Å². The molecule has 0 saturated heterocycles. The molecule has 10 nitrogen and oxygen atoms in total. The molecule has 0 bridgehead atoms. The van der Waals surface area contributed by atoms with Crippen LogP contribution < -0.4 is 46.2 Å². The quantitative estimate of drug-likeness (QED) is 0.219. The van der Waals surface area contributed by atoms with E-state index in [0.29, 0.717) is 0 Å². The fourth-order valence-corrected chi connectivity index (χ4v) is 11.4. The molecule has 0 radical (unpaired) electrons. The summed E-state index contributed by atoms with van der Waals surface area (Å²) in [6.45, 7) is 0. The maximum atomic E-state index is 2.40. The van der Waals surface area contributed by atoms with Crippen LogP contribution in [0.5, 0.6) is 0 Å². The molecule has 5 rings (SSSR count). The molecule has 0 unspecified atom stereocenters. The molecule has 0 amide bonds. The molecule has 240 valence electrons. The summed E-state index contributed by atoms with van der Waals surface area (Å²) in [5.74, 6) is 0. The van der Waals surface area contributed by atoms with E-state index in [9.17, 15) is 0 Å². The van der Waals surface area contributed by atoms with Gasteiger partial charge in [0.25, 0.3) is 0 Å². The van der Waals surface area contributed by atoms with E-state index in [-0.39, 0.29) is 0 Å². The van der Waals surface area contributed by atoms with Crippen molar-refractivity contribution in [2.24, 2.45) is 0 Å². The molecule has 5 aromatic heterocycles. The van der Waals surface area contributed by atoms with Crippen LogP contribution in [0, 0.1) is 0 Å². The van der Waals surface area contributed by atoms with E-state index in [1.807, 2.05) is 0 Å². The average Bonchev–Trinajstić information content (AvgIpc) is 3.06. The third-order valence-electron chi connectivity index (χ3n) is 8.63. The number of nitrogens with zero attached hydrogens (tertiary/aromatic N) is 10. The summed E-state index contributed by atoms with van der Waals surface area (Å²) in [7, 11) is 16.7. The second-order valence-electron chi connectivity index (χ2n) is 12.5. The van der Waals surface area contributed by atoms with E-state index in [2.05, 4.69) is 239 Å². The van der Waals surface area contributed by atoms with E-state index in [1.165, 1.54) is 0 Å². The van der Waals surface area contributed by atoms with Crippen LogP contribution >= 0.6 is 7.36 Å². The van der Waals surface area contributed by atoms with Crippen LogP contribution in [0.2, 0.25) is 0 Å². The summed E-state index contributed by atoms with van der Waals surface area (Å²) >= 11 is 0. The molecule has 0 atom stereocenters. The number of rotatable bonds is 10. The second kappa shape index (κ2) is 12.5. The Hall–Kier alpha value is -4.82. The number of hydrogen-bond donors (Lipinski definition) is 0. The number of anilines is 5. The van der Waals surface area contributed by atoms with E-state index in [0.717, 1.165) is 28.4 Å². The van der Waals surface area contributed by atoms with Crippen LogP contribution in [0.1, 0.15) is 0 Å². The Kier molecular flexibility index (Phi) is 8.87. The van der Waals surface area contributed by atoms with Gasteiger partial charge in [-0.3, -0.25) is 0 Å². The first-order valence-corrected chi connectivity index (χ1v) is 17.4. The van der Waals surface area contributed by atoms with Crippen LogP contribution in [0.15, 0.2) is 123 Å². The van der Waals surface area contributed by atoms with Crippen molar-refractivity contribution in [2.75, 3.05) is 95.0 Å². The fraction of sp³-hybridized carbons (Fsp3) is 0.286. The van der Waals surface area contributed by atoms with Crippen molar-refractivity contribution in [2.45, 2.75) is 0 Å². The Balaban J connectivity index is 2.07. The molecule has 11 heteroatoms. The summed E-state index contributed by atoms with van der Waals surface area (Å²) in [5, 5.41) is 0. The minimum atomic E-state index is -4.07. The van der Waals surface area contributed by atoms with Crippen LogP contribution in [0.25, 0.3) is 0 Å². The average molecular weight is 642 g/mol. The van der Waals surface area contributed by atoms with Gasteiger partial charge in [0.1, 0.15) is 0 Å². The van der Waals surface area contributed by atoms with Gasteiger partial charge < -0.3 is 0 Å². The zero-order chi connectivity index (χ0) is 33.2. The second-order valence-corrected chi connectivity index (χ2v) is 16.6. The fourth-order valence-electron chi connectivity index (χ4n) is 5.93. The SMILES string of the molecule is CN(C)c1cc[n+](P([n+]2ccc(N(C)C)cc2)([n+]2ccc(N(C)C)cc2)([n+]2ccc(N(C)C)cc2)[n+]2ccc(N(C)C)cc2)cc1. The van der Waals surface area contributed by atoms with Crippen LogP contribution in [0.3, 0.4) is 0 Å². The van der Waals surface area contributed by atoms with Gasteiger partial charge in [0, 0.05) is 0 Å². The van der Waals surface area contributed by atoms with Crippen LogP contribution in [-0.4, -0.2) is 70.5 Å². The standard InChI is InChI=1S/C35H50N10P/c1-36(2)31-11-21-41(22-12-31)46(42-23-13-32(14-24-42)37(3)4,43-25-15-33(16-26-43)38(5)6,44-27-17-34(18-28-44)39(7)8)45-29-19-35(20-30-45)40(9)10/h11-30H,1-10H3/q+5. The Bertz CT molecular complexity index is 1430. The van der Waals surface area contributed by atoms with Gasteiger partial charge in [0.15, 0.2) is 0 Å². The topological polar surface area (TPSA) is 35.6 Å². The predicted molar refractivity (Wildman–Crippen MR) is 189 cm³/mol. The van der Waals surface area contributed by atoms with E-state index in [4.69, 9.17) is 0 Å². The first kappa shape index (κ1) is 32.6. The van der Waals surface area contributed by atoms with Crippen molar-refractivity contribution in [3.8, 4) is 0 Å². The maximum absolute atomic E-state index is 4.07. The van der Waals surface area contributed by atoms with Gasteiger partial charge in [-0.2, -0.15) is 0 Å². The zero-order valence-corrected chi connectivity index (χ0v) is 29.9. The summed E-state index contributed by atoms with van der Waals surface area (Å²) < 4.78 is 12.0. The van der Waals surface area contributed by atoms with Crippen molar-refractivity contribution in [3.63, 3.8) is 0 Å². The Morgan fingerprint density at radius 1 is 0.283 bits per heavy atom. The molecule has 5 aromatic rings. The molecular formula is C35H50N10P+5. The van der Waals surface area contributed by atoms with E-state index >= 15 is 0 Å². The number of aromatic nitrogens is 5. The molecular weight excluding hydrogens is 591 g/mol. The van der Waals surface area contributed by atoms with Gasteiger partial charge in [0.05, 0.1) is 0 Å². The summed E-state index contributed by atoms with van der Waals surface area (Å²) in [5.41, 5.74) is 5.60. The van der Waals surface area contributed by atoms with Crippen LogP contribution in [0.4, 0.5) is 28.4 Å². The molecule has 0 spiro atoms. The summed E-state index contributed by atoms with van der Waals surface area (Å²) in [4.78, 5) is 10.7. The summed E-state index contributed by atoms with van der Waals surface area (Å²) in [6.07, 6.45) is 22.1. The Labute approximate surface area is 274 Å². The molecule has 0 aliphatic heterocycles. The van der Waals surface area contributed by atoms with Crippen molar-refractivity contribution in [1.82, 2.24) is 0 Å². The predicted octanol–water partition coefficient (Wildman–Crippen LogP) is 2.62. The van der Waals surface area contributed by atoms with E-state index < -0.39 is 7.36 Å². The third-order valence-corrected chi connectivity index (χ3v) is 14.1. The minimum absolute atomic E-state index is 1.12. The molecule has 46 heavy (non-hydrogen) atoms. The molecule has 0 saturated carbocycles. The molecule has 0 aromatic carbocycles. The molecule has 0 fully saturated rings. The van der Waals surface area contributed by atoms with Crippen molar-refractivity contribution in [3.05, 3.63) is 123 Å². The Morgan fingerprint density at radius 2 is 0.413 bits per heavy atom. The van der Waals surface area contributed by atoms with Crippen LogP contribution in [-0.2, 0) is 0 Å². The van der Waals surface area contributed by atoms with E-state index in [1.54, 1.807) is 0 Å². The van der Waals surface area contributed by atoms with Crippen molar-refractivity contribution >= 4 is 35.8 Å². The van der Waals surface area contributed by atoms with Crippen molar-refractivity contribution in [1.29, 1.82) is 0 Å². The molecule has 0 aliphatic rings. The zero-order valence-electron chi connectivity index (χ0n) is 29.0.